The molecule has 0 aliphatic heterocycles. The van der Waals surface area contributed by atoms with Gasteiger partial charge in [0, 0.05) is 32.8 Å². The van der Waals surface area contributed by atoms with E-state index in [9.17, 15) is 0 Å². The van der Waals surface area contributed by atoms with E-state index in [2.05, 4.69) is 241 Å². The maximum Gasteiger partial charge on any atom is 0.143 e. The van der Waals surface area contributed by atoms with Crippen molar-refractivity contribution in [3.8, 4) is 61.3 Å². The van der Waals surface area contributed by atoms with Crippen molar-refractivity contribution in [2.75, 3.05) is 0 Å². The highest BCUT2D eigenvalue weighted by Gasteiger charge is 2.21. The highest BCUT2D eigenvalue weighted by atomic mass is 16.3. The molecule has 0 saturated heterocycles. The molecule has 13 rings (SSSR count). The number of furan rings is 1. The normalized spacial score (nSPS) is 11.8. The Hall–Kier alpha value is -8.46. The lowest BCUT2D eigenvalue weighted by molar-refractivity contribution is 0.670. The Balaban J connectivity index is 1.05. The SMILES string of the molecule is c1ccc(-c2ccc3oc4c(-c5ccc6c(c5)c5ccccc5n6-c5ccc6c(-c7ccccc7)c7ccccc7c(-c7ccccc7)c6c5)cc(-c5ccccc5)cc4c3c2)cc1. The van der Waals surface area contributed by atoms with Gasteiger partial charge in [-0.1, -0.05) is 182 Å². The second kappa shape index (κ2) is 14.6. The van der Waals surface area contributed by atoms with Crippen molar-refractivity contribution >= 4 is 65.3 Å². The van der Waals surface area contributed by atoms with Gasteiger partial charge in [-0.05, 0) is 126 Å². The van der Waals surface area contributed by atoms with Gasteiger partial charge in [-0.2, -0.15) is 0 Å². The van der Waals surface area contributed by atoms with Gasteiger partial charge in [0.05, 0.1) is 11.0 Å². The third-order valence-electron chi connectivity index (χ3n) is 13.2. The van der Waals surface area contributed by atoms with Crippen LogP contribution in [0.15, 0.2) is 241 Å². The van der Waals surface area contributed by atoms with E-state index in [4.69, 9.17) is 4.42 Å². The number of aromatic nitrogens is 1. The van der Waals surface area contributed by atoms with Gasteiger partial charge in [0.2, 0.25) is 0 Å². The van der Waals surface area contributed by atoms with Crippen LogP contribution in [0.25, 0.3) is 127 Å². The van der Waals surface area contributed by atoms with E-state index in [1.165, 1.54) is 76.8 Å². The maximum atomic E-state index is 6.85. The summed E-state index contributed by atoms with van der Waals surface area (Å²) in [7, 11) is 0. The molecule has 64 heavy (non-hydrogen) atoms. The molecular weight excluding hydrogens is 775 g/mol. The number of rotatable bonds is 6. The van der Waals surface area contributed by atoms with E-state index >= 15 is 0 Å². The van der Waals surface area contributed by atoms with E-state index in [1.807, 2.05) is 0 Å². The number of nitrogens with zero attached hydrogens (tertiary/aromatic N) is 1. The van der Waals surface area contributed by atoms with Crippen molar-refractivity contribution in [1.29, 1.82) is 0 Å². The van der Waals surface area contributed by atoms with E-state index < -0.39 is 0 Å². The Morgan fingerprint density at radius 1 is 0.266 bits per heavy atom. The first-order valence-corrected chi connectivity index (χ1v) is 22.0. The quantitative estimate of drug-likeness (QED) is 0.153. The number of fused-ring (bicyclic) bond motifs is 8. The summed E-state index contributed by atoms with van der Waals surface area (Å²) in [4.78, 5) is 0. The van der Waals surface area contributed by atoms with Crippen LogP contribution in [0.4, 0.5) is 0 Å². The Morgan fingerprint density at radius 3 is 1.44 bits per heavy atom. The minimum absolute atomic E-state index is 0.883. The second-order valence-corrected chi connectivity index (χ2v) is 16.8. The molecule has 2 aromatic heterocycles. The van der Waals surface area contributed by atoms with Crippen LogP contribution in [0.1, 0.15) is 0 Å². The van der Waals surface area contributed by atoms with E-state index in [1.54, 1.807) is 0 Å². The smallest absolute Gasteiger partial charge is 0.143 e. The first-order valence-electron chi connectivity index (χ1n) is 22.0. The van der Waals surface area contributed by atoms with Crippen LogP contribution in [0.2, 0.25) is 0 Å². The Labute approximate surface area is 370 Å². The summed E-state index contributed by atoms with van der Waals surface area (Å²) in [5.41, 5.74) is 17.0. The zero-order valence-corrected chi connectivity index (χ0v) is 34.9. The largest absolute Gasteiger partial charge is 0.455 e. The lowest BCUT2D eigenvalue weighted by atomic mass is 9.86. The van der Waals surface area contributed by atoms with E-state index in [0.29, 0.717) is 0 Å². The van der Waals surface area contributed by atoms with Crippen molar-refractivity contribution in [3.05, 3.63) is 237 Å². The monoisotopic (exact) mass is 813 g/mol. The van der Waals surface area contributed by atoms with E-state index in [-0.39, 0.29) is 0 Å². The predicted molar refractivity (Wildman–Crippen MR) is 270 cm³/mol. The molecule has 0 amide bonds. The van der Waals surface area contributed by atoms with Crippen molar-refractivity contribution in [2.45, 2.75) is 0 Å². The van der Waals surface area contributed by atoms with Crippen molar-refractivity contribution < 1.29 is 4.42 Å². The van der Waals surface area contributed by atoms with Crippen molar-refractivity contribution in [3.63, 3.8) is 0 Å². The Morgan fingerprint density at radius 2 is 0.766 bits per heavy atom. The summed E-state index contributed by atoms with van der Waals surface area (Å²) < 4.78 is 9.30. The molecule has 13 aromatic rings. The summed E-state index contributed by atoms with van der Waals surface area (Å²) in [5, 5.41) is 9.59. The number of hydrogen-bond acceptors (Lipinski definition) is 1. The molecule has 0 spiro atoms. The van der Waals surface area contributed by atoms with Crippen LogP contribution in [0.5, 0.6) is 0 Å². The molecule has 0 N–H and O–H groups in total. The van der Waals surface area contributed by atoms with Crippen molar-refractivity contribution in [2.24, 2.45) is 0 Å². The molecule has 2 heterocycles. The third kappa shape index (κ3) is 5.73. The maximum absolute atomic E-state index is 6.85. The number of benzene rings is 11. The predicted octanol–water partition coefficient (Wildman–Crippen LogP) is 17.3. The Kier molecular flexibility index (Phi) is 8.25. The zero-order chi connectivity index (χ0) is 42.1. The van der Waals surface area contributed by atoms with Crippen molar-refractivity contribution in [1.82, 2.24) is 4.57 Å². The molecule has 298 valence electrons. The topological polar surface area (TPSA) is 18.1 Å². The molecule has 0 aliphatic rings. The van der Waals surface area contributed by atoms with Gasteiger partial charge < -0.3 is 8.98 Å². The van der Waals surface area contributed by atoms with Gasteiger partial charge in [-0.25, -0.2) is 0 Å². The lowest BCUT2D eigenvalue weighted by Crippen LogP contribution is -1.96. The third-order valence-corrected chi connectivity index (χ3v) is 13.2. The van der Waals surface area contributed by atoms with Crippen LogP contribution >= 0.6 is 0 Å². The molecule has 0 fully saturated rings. The second-order valence-electron chi connectivity index (χ2n) is 16.8. The molecule has 0 unspecified atom stereocenters. The fraction of sp³-hybridized carbons (Fsp3) is 0. The molecule has 0 aliphatic carbocycles. The fourth-order valence-corrected chi connectivity index (χ4v) is 10.3. The van der Waals surface area contributed by atoms with Crippen LogP contribution in [0.3, 0.4) is 0 Å². The summed E-state index contributed by atoms with van der Waals surface area (Å²) >= 11 is 0. The zero-order valence-electron chi connectivity index (χ0n) is 34.9. The molecule has 2 nitrogen and oxygen atoms in total. The van der Waals surface area contributed by atoms with Crippen LogP contribution in [-0.4, -0.2) is 4.57 Å². The van der Waals surface area contributed by atoms with Crippen LogP contribution in [-0.2, 0) is 0 Å². The van der Waals surface area contributed by atoms with Gasteiger partial charge in [-0.3, -0.25) is 0 Å². The first kappa shape index (κ1) is 36.2. The highest BCUT2D eigenvalue weighted by Crippen LogP contribution is 2.46. The van der Waals surface area contributed by atoms with Gasteiger partial charge >= 0.3 is 0 Å². The highest BCUT2D eigenvalue weighted by molar-refractivity contribution is 6.22. The Bertz CT molecular complexity index is 3920. The summed E-state index contributed by atoms with van der Waals surface area (Å²) in [6.45, 7) is 0. The van der Waals surface area contributed by atoms with Gasteiger partial charge in [0.25, 0.3) is 0 Å². The van der Waals surface area contributed by atoms with Gasteiger partial charge in [-0.15, -0.1) is 0 Å². The number of hydrogen-bond donors (Lipinski definition) is 0. The summed E-state index contributed by atoms with van der Waals surface area (Å²) in [6.07, 6.45) is 0. The minimum atomic E-state index is 0.883. The molecule has 2 heteroatoms. The summed E-state index contributed by atoms with van der Waals surface area (Å²) in [5.74, 6) is 0. The first-order chi connectivity index (χ1) is 31.7. The van der Waals surface area contributed by atoms with Gasteiger partial charge in [0.15, 0.2) is 0 Å². The van der Waals surface area contributed by atoms with Crippen LogP contribution in [0, 0.1) is 0 Å². The number of para-hydroxylation sites is 1. The average Bonchev–Trinajstić information content (AvgIpc) is 3.91. The molecule has 0 atom stereocenters. The summed E-state index contributed by atoms with van der Waals surface area (Å²) in [6, 6.07) is 85.9. The fourth-order valence-electron chi connectivity index (χ4n) is 10.3. The molecular formula is C62H39NO. The average molecular weight is 814 g/mol. The minimum Gasteiger partial charge on any atom is -0.455 e. The standard InChI is InChI=1S/C62H39NO/c1-5-17-40(18-6-1)44-30-34-59-54(35-44)56-38-46(41-19-7-2-8-20-41)37-52(62(56)64-59)45-29-33-58-53(36-45)48-25-15-16-28-57(48)63(58)47-31-32-51-55(39-47)61(43-23-11-4-12-24-43)50-27-14-13-26-49(50)60(51)42-21-9-3-10-22-42/h1-39H. The molecule has 11 aromatic carbocycles. The molecule has 0 radical (unpaired) electrons. The van der Waals surface area contributed by atoms with E-state index in [0.717, 1.165) is 49.8 Å². The van der Waals surface area contributed by atoms with Gasteiger partial charge in [0.1, 0.15) is 11.2 Å². The molecule has 0 saturated carbocycles. The van der Waals surface area contributed by atoms with Crippen LogP contribution < -0.4 is 0 Å². The molecule has 0 bridgehead atoms. The lowest BCUT2D eigenvalue weighted by Gasteiger charge is -2.19.